The van der Waals surface area contributed by atoms with Crippen LogP contribution in [0, 0.1) is 11.8 Å². The largest absolute Gasteiger partial charge is 0.492 e. The van der Waals surface area contributed by atoms with E-state index in [1.54, 1.807) is 26.0 Å². The fourth-order valence-corrected chi connectivity index (χ4v) is 5.23. The van der Waals surface area contributed by atoms with Gasteiger partial charge in [-0.25, -0.2) is 4.79 Å². The van der Waals surface area contributed by atoms with Crippen LogP contribution in [0.1, 0.15) is 40.9 Å². The van der Waals surface area contributed by atoms with Crippen LogP contribution in [-0.2, 0) is 33.0 Å². The van der Waals surface area contributed by atoms with Gasteiger partial charge in [-0.2, -0.15) is 26.3 Å². The Bertz CT molecular complexity index is 1210. The number of fused-ring (bicyclic) bond motifs is 1. The highest BCUT2D eigenvalue weighted by atomic mass is 19.4. The standard InChI is InChI=1S/C29H32F6N2O5/c1-3-40-24(27(39)41-4-2)11-17-5-7-21(8-6-17)42-10-9-36-25-22-15-37(16-23(22)25)26(38)18-12-19(28(30,31)32)14-20(13-18)29(33,34)35/h5-8,12-14,22-25,36H,3-4,9-11,15-16H2,1-2H3/t22-,23?,24-,25+/m0/s1. The molecule has 1 aliphatic carbocycles. The second-order valence-corrected chi connectivity index (χ2v) is 10.2. The maximum Gasteiger partial charge on any atom is 0.416 e. The maximum atomic E-state index is 13.2. The predicted octanol–water partition coefficient (Wildman–Crippen LogP) is 4.97. The zero-order valence-electron chi connectivity index (χ0n) is 23.1. The van der Waals surface area contributed by atoms with E-state index >= 15 is 0 Å². The molecule has 1 unspecified atom stereocenters. The van der Waals surface area contributed by atoms with E-state index < -0.39 is 47.0 Å². The number of benzene rings is 2. The molecule has 0 bridgehead atoms. The number of alkyl halides is 6. The second kappa shape index (κ2) is 12.9. The first-order chi connectivity index (χ1) is 19.8. The Balaban J connectivity index is 1.22. The molecule has 4 rings (SSSR count). The number of esters is 1. The van der Waals surface area contributed by atoms with E-state index in [1.807, 2.05) is 12.1 Å². The molecule has 2 aromatic carbocycles. The van der Waals surface area contributed by atoms with Gasteiger partial charge in [0.05, 0.1) is 17.7 Å². The SMILES string of the molecule is CCOC(=O)[C@H](Cc1ccc(OCCN[C@H]2C3CN(C(=O)c4cc(C(F)(F)F)cc(C(F)(F)F)c4)C[C@@H]32)cc1)OCC. The van der Waals surface area contributed by atoms with Crippen molar-refractivity contribution in [3.05, 3.63) is 64.7 Å². The van der Waals surface area contributed by atoms with E-state index in [4.69, 9.17) is 14.2 Å². The van der Waals surface area contributed by atoms with Gasteiger partial charge in [-0.15, -0.1) is 0 Å². The van der Waals surface area contributed by atoms with Crippen molar-refractivity contribution in [2.24, 2.45) is 11.8 Å². The number of hydrogen-bond acceptors (Lipinski definition) is 6. The molecule has 4 atom stereocenters. The lowest BCUT2D eigenvalue weighted by molar-refractivity contribution is -0.156. The first-order valence-electron chi connectivity index (χ1n) is 13.6. The van der Waals surface area contributed by atoms with Crippen molar-refractivity contribution in [2.75, 3.05) is 39.5 Å². The monoisotopic (exact) mass is 602 g/mol. The minimum absolute atomic E-state index is 0.0126. The van der Waals surface area contributed by atoms with Gasteiger partial charge >= 0.3 is 18.3 Å². The van der Waals surface area contributed by atoms with Gasteiger partial charge in [-0.1, -0.05) is 12.1 Å². The van der Waals surface area contributed by atoms with Gasteiger partial charge in [0.25, 0.3) is 5.91 Å². The van der Waals surface area contributed by atoms with E-state index in [9.17, 15) is 35.9 Å². The molecule has 42 heavy (non-hydrogen) atoms. The van der Waals surface area contributed by atoms with Crippen molar-refractivity contribution >= 4 is 11.9 Å². The number of ether oxygens (including phenoxy) is 3. The fourth-order valence-electron chi connectivity index (χ4n) is 5.23. The molecule has 2 aromatic rings. The molecule has 2 aliphatic rings. The third-order valence-electron chi connectivity index (χ3n) is 7.33. The molecule has 1 amide bonds. The second-order valence-electron chi connectivity index (χ2n) is 10.2. The highest BCUT2D eigenvalue weighted by Gasteiger charge is 2.56. The van der Waals surface area contributed by atoms with Gasteiger partial charge in [0.2, 0.25) is 0 Å². The molecule has 0 aromatic heterocycles. The Kier molecular flexibility index (Phi) is 9.71. The molecule has 7 nitrogen and oxygen atoms in total. The van der Waals surface area contributed by atoms with Crippen molar-refractivity contribution in [3.63, 3.8) is 0 Å². The lowest BCUT2D eigenvalue weighted by Gasteiger charge is -2.22. The molecule has 0 radical (unpaired) electrons. The summed E-state index contributed by atoms with van der Waals surface area (Å²) < 4.78 is 95.3. The third-order valence-corrected chi connectivity index (χ3v) is 7.33. The van der Waals surface area contributed by atoms with E-state index in [0.717, 1.165) is 5.56 Å². The number of rotatable bonds is 12. The number of nitrogens with one attached hydrogen (secondary N) is 1. The molecule has 1 aliphatic heterocycles. The van der Waals surface area contributed by atoms with Crippen LogP contribution in [0.3, 0.4) is 0 Å². The summed E-state index contributed by atoms with van der Waals surface area (Å²) in [5.41, 5.74) is -2.76. The molecule has 230 valence electrons. The molecule has 1 saturated carbocycles. The van der Waals surface area contributed by atoms with Gasteiger partial charge < -0.3 is 24.4 Å². The Labute approximate surface area is 239 Å². The van der Waals surface area contributed by atoms with Gasteiger partial charge in [0.15, 0.2) is 6.10 Å². The van der Waals surface area contributed by atoms with Crippen LogP contribution in [0.2, 0.25) is 0 Å². The van der Waals surface area contributed by atoms with Crippen LogP contribution < -0.4 is 10.1 Å². The number of halogens is 6. The van der Waals surface area contributed by atoms with Gasteiger partial charge in [0, 0.05) is 44.3 Å². The highest BCUT2D eigenvalue weighted by Crippen LogP contribution is 2.46. The molecule has 2 fully saturated rings. The molecule has 1 N–H and O–H groups in total. The van der Waals surface area contributed by atoms with Crippen molar-refractivity contribution in [1.29, 1.82) is 0 Å². The van der Waals surface area contributed by atoms with Crippen LogP contribution in [-0.4, -0.2) is 68.4 Å². The number of nitrogens with zero attached hydrogens (tertiary/aromatic N) is 1. The number of carbonyl (C=O) groups is 2. The summed E-state index contributed by atoms with van der Waals surface area (Å²) in [5, 5.41) is 3.33. The summed E-state index contributed by atoms with van der Waals surface area (Å²) in [4.78, 5) is 26.1. The zero-order valence-corrected chi connectivity index (χ0v) is 23.1. The molecule has 0 spiro atoms. The van der Waals surface area contributed by atoms with E-state index in [0.29, 0.717) is 44.1 Å². The Morgan fingerprint density at radius 3 is 2.05 bits per heavy atom. The predicted molar refractivity (Wildman–Crippen MR) is 139 cm³/mol. The summed E-state index contributed by atoms with van der Waals surface area (Å²) in [7, 11) is 0. The normalized spacial score (nSPS) is 20.7. The van der Waals surface area contributed by atoms with Gasteiger partial charge in [-0.3, -0.25) is 4.79 Å². The molecule has 1 heterocycles. The number of amides is 1. The summed E-state index contributed by atoms with van der Waals surface area (Å²) in [6, 6.07) is 8.30. The quantitative estimate of drug-likeness (QED) is 0.210. The van der Waals surface area contributed by atoms with Crippen molar-refractivity contribution in [3.8, 4) is 5.75 Å². The zero-order chi connectivity index (χ0) is 30.7. The Morgan fingerprint density at radius 2 is 1.52 bits per heavy atom. The lowest BCUT2D eigenvalue weighted by atomic mass is 10.0. The molecule has 13 heteroatoms. The molecule has 1 saturated heterocycles. The fraction of sp³-hybridized carbons (Fsp3) is 0.517. The van der Waals surface area contributed by atoms with Crippen molar-refractivity contribution < 1.29 is 50.1 Å². The third kappa shape index (κ3) is 7.74. The van der Waals surface area contributed by atoms with Crippen LogP contribution in [0.15, 0.2) is 42.5 Å². The van der Waals surface area contributed by atoms with Crippen LogP contribution in [0.25, 0.3) is 0 Å². The van der Waals surface area contributed by atoms with Crippen LogP contribution in [0.4, 0.5) is 26.3 Å². The smallest absolute Gasteiger partial charge is 0.416 e. The van der Waals surface area contributed by atoms with Crippen molar-refractivity contribution in [1.82, 2.24) is 10.2 Å². The average Bonchev–Trinajstić information content (AvgIpc) is 3.37. The minimum Gasteiger partial charge on any atom is -0.492 e. The first kappa shape index (κ1) is 31.6. The number of piperidine rings is 1. The summed E-state index contributed by atoms with van der Waals surface area (Å²) >= 11 is 0. The molecular weight excluding hydrogens is 570 g/mol. The highest BCUT2D eigenvalue weighted by molar-refractivity contribution is 5.95. The van der Waals surface area contributed by atoms with Gasteiger partial charge in [0.1, 0.15) is 12.4 Å². The summed E-state index contributed by atoms with van der Waals surface area (Å²) in [5.74, 6) is -0.484. The number of hydrogen-bond donors (Lipinski definition) is 1. The summed E-state index contributed by atoms with van der Waals surface area (Å²) in [6.07, 6.45) is -10.3. The van der Waals surface area contributed by atoms with E-state index in [2.05, 4.69) is 5.32 Å². The van der Waals surface area contributed by atoms with Crippen LogP contribution >= 0.6 is 0 Å². The summed E-state index contributed by atoms with van der Waals surface area (Å²) in [6.45, 7) is 5.54. The number of likely N-dealkylation sites (tertiary alicyclic amines) is 1. The number of carbonyl (C=O) groups excluding carboxylic acids is 2. The van der Waals surface area contributed by atoms with Crippen LogP contribution in [0.5, 0.6) is 5.75 Å². The van der Waals surface area contributed by atoms with E-state index in [-0.39, 0.29) is 43.6 Å². The van der Waals surface area contributed by atoms with E-state index in [1.165, 1.54) is 4.90 Å². The Hall–Kier alpha value is -3.32. The van der Waals surface area contributed by atoms with Gasteiger partial charge in [-0.05, 0) is 61.6 Å². The molecular formula is C29H32F6N2O5. The lowest BCUT2D eigenvalue weighted by Crippen LogP contribution is -2.36. The average molecular weight is 603 g/mol. The Morgan fingerprint density at radius 1 is 0.929 bits per heavy atom. The minimum atomic E-state index is -5.01. The topological polar surface area (TPSA) is 77.1 Å². The first-order valence-corrected chi connectivity index (χ1v) is 13.6. The maximum absolute atomic E-state index is 13.2. The van der Waals surface area contributed by atoms with Crippen molar-refractivity contribution in [2.45, 2.75) is 44.8 Å².